The van der Waals surface area contributed by atoms with Gasteiger partial charge in [-0.1, -0.05) is 0 Å². The fourth-order valence-corrected chi connectivity index (χ4v) is 2.57. The van der Waals surface area contributed by atoms with Gasteiger partial charge in [0.2, 0.25) is 0 Å². The average Bonchev–Trinajstić information content (AvgIpc) is 2.54. The van der Waals surface area contributed by atoms with Crippen LogP contribution in [0.2, 0.25) is 0 Å². The van der Waals surface area contributed by atoms with Gasteiger partial charge in [0, 0.05) is 4.47 Å². The molecular weight excluding hydrogens is 312 g/mol. The predicted octanol–water partition coefficient (Wildman–Crippen LogP) is 3.49. The van der Waals surface area contributed by atoms with Crippen LogP contribution in [-0.2, 0) is 0 Å². The molecule has 1 N–H and O–H groups in total. The summed E-state index contributed by atoms with van der Waals surface area (Å²) in [7, 11) is 0. The summed E-state index contributed by atoms with van der Waals surface area (Å²) in [6, 6.07) is 3.86. The normalized spacial score (nSPS) is 10.8. The first-order valence-corrected chi connectivity index (χ1v) is 5.77. The number of hydrogen-bond acceptors (Lipinski definition) is 2. The number of fused-ring (bicyclic) bond motifs is 1. The van der Waals surface area contributed by atoms with E-state index in [1.165, 1.54) is 0 Å². The van der Waals surface area contributed by atoms with Crippen LogP contribution in [0.4, 0.5) is 0 Å². The Kier molecular flexibility index (Phi) is 2.78. The van der Waals surface area contributed by atoms with Crippen molar-refractivity contribution in [3.63, 3.8) is 0 Å². The van der Waals surface area contributed by atoms with E-state index in [9.17, 15) is 0 Å². The van der Waals surface area contributed by atoms with Crippen LogP contribution in [0.15, 0.2) is 21.2 Å². The fourth-order valence-electron chi connectivity index (χ4n) is 1.30. The molecule has 2 rings (SSSR count). The van der Waals surface area contributed by atoms with Crippen LogP contribution in [0, 0.1) is 0 Å². The summed E-state index contributed by atoms with van der Waals surface area (Å²) in [5.74, 6) is 0.799. The predicted molar refractivity (Wildman–Crippen MR) is 62.7 cm³/mol. The number of nitrogens with one attached hydrogen (secondary N) is 1. The van der Waals surface area contributed by atoms with E-state index in [-0.39, 0.29) is 0 Å². The second-order valence-corrected chi connectivity index (χ2v) is 4.39. The van der Waals surface area contributed by atoms with Crippen molar-refractivity contribution < 1.29 is 4.74 Å². The van der Waals surface area contributed by atoms with Gasteiger partial charge in [-0.05, 0) is 50.9 Å². The van der Waals surface area contributed by atoms with Crippen LogP contribution >= 0.6 is 31.9 Å². The Labute approximate surface area is 98.1 Å². The Morgan fingerprint density at radius 2 is 2.21 bits per heavy atom. The number of aromatic amines is 1. The van der Waals surface area contributed by atoms with Gasteiger partial charge in [-0.2, -0.15) is 5.10 Å². The maximum Gasteiger partial charge on any atom is 0.147 e. The first-order valence-electron chi connectivity index (χ1n) is 4.19. The molecule has 0 fully saturated rings. The summed E-state index contributed by atoms with van der Waals surface area (Å²) < 4.78 is 7.32. The van der Waals surface area contributed by atoms with E-state index in [2.05, 4.69) is 42.1 Å². The van der Waals surface area contributed by atoms with Crippen LogP contribution in [-0.4, -0.2) is 16.8 Å². The van der Waals surface area contributed by atoms with Crippen molar-refractivity contribution in [2.24, 2.45) is 0 Å². The van der Waals surface area contributed by atoms with Crippen LogP contribution in [0.1, 0.15) is 6.92 Å². The zero-order valence-corrected chi connectivity index (χ0v) is 10.6. The average molecular weight is 320 g/mol. The molecule has 1 heterocycles. The highest BCUT2D eigenvalue weighted by atomic mass is 79.9. The second kappa shape index (κ2) is 3.90. The van der Waals surface area contributed by atoms with Crippen LogP contribution in [0.25, 0.3) is 10.9 Å². The van der Waals surface area contributed by atoms with E-state index in [0.29, 0.717) is 6.61 Å². The van der Waals surface area contributed by atoms with Crippen molar-refractivity contribution in [3.8, 4) is 5.75 Å². The number of nitrogens with zero attached hydrogens (tertiary/aromatic N) is 1. The summed E-state index contributed by atoms with van der Waals surface area (Å²) in [5.41, 5.74) is 0.841. The Morgan fingerprint density at radius 1 is 1.43 bits per heavy atom. The minimum absolute atomic E-state index is 0.640. The molecule has 0 aliphatic rings. The molecule has 1 aromatic carbocycles. The van der Waals surface area contributed by atoms with Crippen molar-refractivity contribution in [1.29, 1.82) is 0 Å². The van der Waals surface area contributed by atoms with E-state index in [4.69, 9.17) is 4.74 Å². The fraction of sp³-hybridized carbons (Fsp3) is 0.222. The summed E-state index contributed by atoms with van der Waals surface area (Å²) in [5, 5.41) is 8.05. The highest BCUT2D eigenvalue weighted by molar-refractivity contribution is 9.11. The van der Waals surface area contributed by atoms with Crippen LogP contribution < -0.4 is 4.74 Å². The topological polar surface area (TPSA) is 37.9 Å². The molecule has 5 heteroatoms. The van der Waals surface area contributed by atoms with Gasteiger partial charge < -0.3 is 4.74 Å². The number of halogens is 2. The third kappa shape index (κ3) is 1.54. The van der Waals surface area contributed by atoms with E-state index < -0.39 is 0 Å². The molecule has 14 heavy (non-hydrogen) atoms. The molecule has 0 aliphatic heterocycles. The highest BCUT2D eigenvalue weighted by Gasteiger charge is 2.11. The van der Waals surface area contributed by atoms with Gasteiger partial charge in [-0.3, -0.25) is 5.10 Å². The molecule has 0 bridgehead atoms. The summed E-state index contributed by atoms with van der Waals surface area (Å²) >= 11 is 6.87. The molecule has 3 nitrogen and oxygen atoms in total. The summed E-state index contributed by atoms with van der Waals surface area (Å²) in [4.78, 5) is 0. The van der Waals surface area contributed by atoms with Gasteiger partial charge in [0.05, 0.1) is 12.0 Å². The molecule has 0 spiro atoms. The lowest BCUT2D eigenvalue weighted by Gasteiger charge is -2.03. The van der Waals surface area contributed by atoms with Gasteiger partial charge in [-0.15, -0.1) is 0 Å². The standard InChI is InChI=1S/C9H8Br2N2O/c1-2-14-6-4-3-5(10)7-8(6)12-13-9(7)11/h3-4H,2H2,1H3,(H,12,13). The molecule has 74 valence electrons. The van der Waals surface area contributed by atoms with Gasteiger partial charge >= 0.3 is 0 Å². The van der Waals surface area contributed by atoms with E-state index in [1.54, 1.807) is 0 Å². The lowest BCUT2D eigenvalue weighted by Crippen LogP contribution is -1.92. The number of ether oxygens (including phenoxy) is 1. The Morgan fingerprint density at radius 3 is 2.93 bits per heavy atom. The maximum atomic E-state index is 5.46. The number of rotatable bonds is 2. The lowest BCUT2D eigenvalue weighted by atomic mass is 10.2. The van der Waals surface area contributed by atoms with Crippen molar-refractivity contribution in [1.82, 2.24) is 10.2 Å². The van der Waals surface area contributed by atoms with Crippen molar-refractivity contribution >= 4 is 42.8 Å². The molecule has 0 atom stereocenters. The molecule has 0 amide bonds. The molecule has 0 radical (unpaired) electrons. The smallest absolute Gasteiger partial charge is 0.147 e. The summed E-state index contributed by atoms with van der Waals surface area (Å²) in [6.07, 6.45) is 0. The number of hydrogen-bond donors (Lipinski definition) is 1. The lowest BCUT2D eigenvalue weighted by molar-refractivity contribution is 0.343. The maximum absolute atomic E-state index is 5.46. The van der Waals surface area contributed by atoms with Crippen molar-refractivity contribution in [3.05, 3.63) is 21.2 Å². The zero-order valence-electron chi connectivity index (χ0n) is 7.47. The van der Waals surface area contributed by atoms with E-state index in [1.807, 2.05) is 19.1 Å². The van der Waals surface area contributed by atoms with Crippen LogP contribution in [0.5, 0.6) is 5.75 Å². The quantitative estimate of drug-likeness (QED) is 0.920. The highest BCUT2D eigenvalue weighted by Crippen LogP contribution is 2.34. The van der Waals surface area contributed by atoms with Crippen molar-refractivity contribution in [2.75, 3.05) is 6.61 Å². The monoisotopic (exact) mass is 318 g/mol. The number of benzene rings is 1. The molecule has 0 saturated heterocycles. The Balaban J connectivity index is 2.70. The molecule has 1 aromatic heterocycles. The SMILES string of the molecule is CCOc1ccc(Br)c2c(Br)[nH]nc12. The van der Waals surface area contributed by atoms with Gasteiger partial charge in [0.15, 0.2) is 0 Å². The second-order valence-electron chi connectivity index (χ2n) is 2.74. The minimum atomic E-state index is 0.640. The number of aromatic nitrogens is 2. The van der Waals surface area contributed by atoms with E-state index >= 15 is 0 Å². The third-order valence-electron chi connectivity index (χ3n) is 1.88. The van der Waals surface area contributed by atoms with Gasteiger partial charge in [0.25, 0.3) is 0 Å². The van der Waals surface area contributed by atoms with Gasteiger partial charge in [-0.25, -0.2) is 0 Å². The molecule has 0 aliphatic carbocycles. The first kappa shape index (κ1) is 9.98. The minimum Gasteiger partial charge on any atom is -0.492 e. The summed E-state index contributed by atoms with van der Waals surface area (Å²) in [6.45, 7) is 2.59. The third-order valence-corrected chi connectivity index (χ3v) is 3.11. The Hall–Kier alpha value is -0.550. The van der Waals surface area contributed by atoms with Crippen LogP contribution in [0.3, 0.4) is 0 Å². The largest absolute Gasteiger partial charge is 0.492 e. The van der Waals surface area contributed by atoms with Crippen molar-refractivity contribution in [2.45, 2.75) is 6.92 Å². The number of H-pyrrole nitrogens is 1. The van der Waals surface area contributed by atoms with Gasteiger partial charge in [0.1, 0.15) is 15.9 Å². The first-order chi connectivity index (χ1) is 6.74. The molecular formula is C9H8Br2N2O. The zero-order chi connectivity index (χ0) is 10.1. The van der Waals surface area contributed by atoms with E-state index in [0.717, 1.165) is 25.7 Å². The molecule has 0 saturated carbocycles. The Bertz CT molecular complexity index is 467. The molecule has 0 unspecified atom stereocenters. The molecule has 2 aromatic rings.